The van der Waals surface area contributed by atoms with E-state index in [1.807, 2.05) is 0 Å². The first kappa shape index (κ1) is 12.2. The van der Waals surface area contributed by atoms with Crippen molar-refractivity contribution in [3.05, 3.63) is 26.6 Å². The predicted octanol–water partition coefficient (Wildman–Crippen LogP) is 2.49. The van der Waals surface area contributed by atoms with Crippen LogP contribution in [-0.4, -0.2) is 24.0 Å². The molecule has 0 atom stereocenters. The lowest BCUT2D eigenvalue weighted by Crippen LogP contribution is -2.09. The van der Waals surface area contributed by atoms with Crippen molar-refractivity contribution in [2.75, 3.05) is 6.61 Å². The molecule has 0 fully saturated rings. The van der Waals surface area contributed by atoms with Crippen molar-refractivity contribution in [2.45, 2.75) is 0 Å². The third-order valence-electron chi connectivity index (χ3n) is 1.53. The highest BCUT2D eigenvalue weighted by Gasteiger charge is 2.08. The summed E-state index contributed by atoms with van der Waals surface area (Å²) in [5.41, 5.74) is 0.456. The summed E-state index contributed by atoms with van der Waals surface area (Å²) in [4.78, 5) is 20.9. The molecule has 6 heteroatoms. The first-order valence-electron chi connectivity index (χ1n) is 3.83. The van der Waals surface area contributed by atoms with Crippen molar-refractivity contribution < 1.29 is 19.4 Å². The molecule has 0 saturated heterocycles. The predicted molar refractivity (Wildman–Crippen MR) is 60.4 cm³/mol. The molecule has 80 valence electrons. The first-order valence-corrected chi connectivity index (χ1v) is 5.42. The van der Waals surface area contributed by atoms with Crippen molar-refractivity contribution in [1.29, 1.82) is 0 Å². The van der Waals surface area contributed by atoms with Gasteiger partial charge in [0.05, 0.1) is 0 Å². The maximum atomic E-state index is 10.6. The minimum atomic E-state index is -1.05. The molecule has 0 amide bonds. The summed E-state index contributed by atoms with van der Waals surface area (Å²) in [6.45, 7) is -0.417. The normalized spacial score (nSPS) is 9.73. The van der Waals surface area contributed by atoms with Crippen LogP contribution in [0.25, 0.3) is 0 Å². The first-order chi connectivity index (χ1) is 7.04. The van der Waals surface area contributed by atoms with E-state index in [9.17, 15) is 9.59 Å². The van der Waals surface area contributed by atoms with Gasteiger partial charge in [-0.15, -0.1) is 0 Å². The number of benzene rings is 1. The second kappa shape index (κ2) is 5.27. The van der Waals surface area contributed by atoms with E-state index in [0.29, 0.717) is 26.5 Å². The molecule has 0 bridgehead atoms. The van der Waals surface area contributed by atoms with Crippen LogP contribution in [0.15, 0.2) is 21.1 Å². The van der Waals surface area contributed by atoms with Crippen LogP contribution in [0.2, 0.25) is 0 Å². The molecule has 0 aliphatic carbocycles. The SMILES string of the molecule is O=Cc1c(Br)cc(OCC(=O)O)cc1Br. The summed E-state index contributed by atoms with van der Waals surface area (Å²) in [5, 5.41) is 8.41. The van der Waals surface area contributed by atoms with E-state index < -0.39 is 12.6 Å². The number of carboxylic acid groups (broad SMARTS) is 1. The van der Waals surface area contributed by atoms with Crippen LogP contribution in [0.5, 0.6) is 5.75 Å². The van der Waals surface area contributed by atoms with Gasteiger partial charge in [-0.05, 0) is 44.0 Å². The number of carbonyl (C=O) groups excluding carboxylic acids is 1. The topological polar surface area (TPSA) is 63.6 Å². The fraction of sp³-hybridized carbons (Fsp3) is 0.111. The third kappa shape index (κ3) is 3.32. The molecule has 0 saturated carbocycles. The number of rotatable bonds is 4. The Labute approximate surface area is 102 Å². The summed E-state index contributed by atoms with van der Waals surface area (Å²) >= 11 is 6.35. The van der Waals surface area contributed by atoms with Gasteiger partial charge in [-0.3, -0.25) is 4.79 Å². The minimum absolute atomic E-state index is 0.377. The van der Waals surface area contributed by atoms with Crippen molar-refractivity contribution in [1.82, 2.24) is 0 Å². The average Bonchev–Trinajstić information content (AvgIpc) is 2.14. The van der Waals surface area contributed by atoms with E-state index in [0.717, 1.165) is 0 Å². The van der Waals surface area contributed by atoms with E-state index >= 15 is 0 Å². The van der Waals surface area contributed by atoms with E-state index in [-0.39, 0.29) is 0 Å². The van der Waals surface area contributed by atoms with Crippen LogP contribution in [0.1, 0.15) is 10.4 Å². The third-order valence-corrected chi connectivity index (χ3v) is 2.84. The molecule has 0 radical (unpaired) electrons. The molecule has 0 spiro atoms. The molecule has 1 aromatic carbocycles. The Morgan fingerprint density at radius 2 is 1.93 bits per heavy atom. The van der Waals surface area contributed by atoms with Gasteiger partial charge in [-0.25, -0.2) is 4.79 Å². The van der Waals surface area contributed by atoms with Crippen molar-refractivity contribution in [3.8, 4) is 5.75 Å². The van der Waals surface area contributed by atoms with Gasteiger partial charge in [0.15, 0.2) is 12.9 Å². The molecule has 0 aromatic heterocycles. The zero-order valence-corrected chi connectivity index (χ0v) is 10.5. The quantitative estimate of drug-likeness (QED) is 0.857. The van der Waals surface area contributed by atoms with Crippen molar-refractivity contribution in [2.24, 2.45) is 0 Å². The molecule has 0 aliphatic heterocycles. The van der Waals surface area contributed by atoms with Crippen LogP contribution >= 0.6 is 31.9 Å². The zero-order chi connectivity index (χ0) is 11.4. The average molecular weight is 338 g/mol. The summed E-state index contributed by atoms with van der Waals surface area (Å²) in [7, 11) is 0. The highest BCUT2D eigenvalue weighted by atomic mass is 79.9. The number of halogens is 2. The Morgan fingerprint density at radius 1 is 1.40 bits per heavy atom. The van der Waals surface area contributed by atoms with Gasteiger partial charge in [0.2, 0.25) is 0 Å². The Morgan fingerprint density at radius 3 is 2.33 bits per heavy atom. The van der Waals surface area contributed by atoms with E-state index in [1.165, 1.54) is 12.1 Å². The lowest BCUT2D eigenvalue weighted by molar-refractivity contribution is -0.139. The summed E-state index contributed by atoms with van der Waals surface area (Å²) in [5.74, 6) is -0.677. The van der Waals surface area contributed by atoms with E-state index in [1.54, 1.807) is 0 Å². The van der Waals surface area contributed by atoms with Gasteiger partial charge >= 0.3 is 5.97 Å². The zero-order valence-electron chi connectivity index (χ0n) is 7.37. The molecule has 15 heavy (non-hydrogen) atoms. The van der Waals surface area contributed by atoms with Gasteiger partial charge in [0.1, 0.15) is 5.75 Å². The molecule has 4 nitrogen and oxygen atoms in total. The Kier molecular flexibility index (Phi) is 4.28. The number of carbonyl (C=O) groups is 2. The number of hydrogen-bond acceptors (Lipinski definition) is 3. The highest BCUT2D eigenvalue weighted by molar-refractivity contribution is 9.11. The molecule has 1 rings (SSSR count). The van der Waals surface area contributed by atoms with Crippen LogP contribution in [0.3, 0.4) is 0 Å². The maximum absolute atomic E-state index is 10.6. The molecular weight excluding hydrogens is 332 g/mol. The fourth-order valence-electron chi connectivity index (χ4n) is 0.902. The summed E-state index contributed by atoms with van der Waals surface area (Å²) < 4.78 is 6.05. The number of aldehydes is 1. The molecule has 1 aromatic rings. The number of hydrogen-bond donors (Lipinski definition) is 1. The van der Waals surface area contributed by atoms with Gasteiger partial charge < -0.3 is 9.84 Å². The molecule has 0 heterocycles. The molecular formula is C9H6Br2O4. The molecule has 0 unspecified atom stereocenters. The number of ether oxygens (including phenoxy) is 1. The smallest absolute Gasteiger partial charge is 0.341 e. The van der Waals surface area contributed by atoms with Gasteiger partial charge in [-0.2, -0.15) is 0 Å². The Hall–Kier alpha value is -0.880. The van der Waals surface area contributed by atoms with Crippen LogP contribution in [0.4, 0.5) is 0 Å². The second-order valence-corrected chi connectivity index (χ2v) is 4.31. The minimum Gasteiger partial charge on any atom is -0.482 e. The second-order valence-electron chi connectivity index (χ2n) is 2.60. The van der Waals surface area contributed by atoms with E-state index in [2.05, 4.69) is 31.9 Å². The number of carboxylic acids is 1. The summed E-state index contributed by atoms with van der Waals surface area (Å²) in [6, 6.07) is 3.08. The number of aliphatic carboxylic acids is 1. The largest absolute Gasteiger partial charge is 0.482 e. The lowest BCUT2D eigenvalue weighted by atomic mass is 10.2. The van der Waals surface area contributed by atoms with Crippen LogP contribution < -0.4 is 4.74 Å². The fourth-order valence-corrected chi connectivity index (χ4v) is 2.23. The standard InChI is InChI=1S/C9H6Br2O4/c10-7-1-5(15-4-9(13)14)2-8(11)6(7)3-12/h1-3H,4H2,(H,13,14). The highest BCUT2D eigenvalue weighted by Crippen LogP contribution is 2.29. The van der Waals surface area contributed by atoms with Crippen LogP contribution in [-0.2, 0) is 4.79 Å². The van der Waals surface area contributed by atoms with Crippen LogP contribution in [0, 0.1) is 0 Å². The molecule has 0 aliphatic rings. The Bertz CT molecular complexity index is 380. The van der Waals surface area contributed by atoms with Crippen molar-refractivity contribution in [3.63, 3.8) is 0 Å². The van der Waals surface area contributed by atoms with Gasteiger partial charge in [0, 0.05) is 14.5 Å². The Balaban J connectivity index is 2.93. The van der Waals surface area contributed by atoms with Gasteiger partial charge in [-0.1, -0.05) is 0 Å². The van der Waals surface area contributed by atoms with Gasteiger partial charge in [0.25, 0.3) is 0 Å². The summed E-state index contributed by atoms with van der Waals surface area (Å²) in [6.07, 6.45) is 0.690. The maximum Gasteiger partial charge on any atom is 0.341 e. The monoisotopic (exact) mass is 336 g/mol. The van der Waals surface area contributed by atoms with E-state index in [4.69, 9.17) is 9.84 Å². The van der Waals surface area contributed by atoms with Crippen molar-refractivity contribution >= 4 is 44.1 Å². The molecule has 1 N–H and O–H groups in total. The lowest BCUT2D eigenvalue weighted by Gasteiger charge is -2.06.